The summed E-state index contributed by atoms with van der Waals surface area (Å²) in [6.45, 7) is 4.36. The lowest BCUT2D eigenvalue weighted by atomic mass is 10.1. The lowest BCUT2D eigenvalue weighted by Gasteiger charge is -2.09. The molecule has 0 aliphatic rings. The fourth-order valence-corrected chi connectivity index (χ4v) is 2.09. The van der Waals surface area contributed by atoms with Crippen LogP contribution < -0.4 is 14.9 Å². The molecule has 5 nitrogen and oxygen atoms in total. The molecule has 0 atom stereocenters. The lowest BCUT2D eigenvalue weighted by Crippen LogP contribution is -2.18. The van der Waals surface area contributed by atoms with Crippen molar-refractivity contribution < 1.29 is 14.3 Å². The standard InChI is InChI=1S/C18H20N2O3/c1-4-23-16-10-9-14(11-17(16)22-3)12-19-20-18(21)15-8-6-5-7-13(15)2/h5-12H,4H2,1-3H3,(H,20,21)/b19-12-. The van der Waals surface area contributed by atoms with Gasteiger partial charge in [-0.25, -0.2) is 5.43 Å². The third kappa shape index (κ3) is 4.32. The number of nitrogens with zero attached hydrogens (tertiary/aromatic N) is 1. The molecule has 0 bridgehead atoms. The molecular formula is C18H20N2O3. The Hall–Kier alpha value is -2.82. The summed E-state index contributed by atoms with van der Waals surface area (Å²) < 4.78 is 10.7. The largest absolute Gasteiger partial charge is 0.493 e. The number of ether oxygens (including phenoxy) is 2. The highest BCUT2D eigenvalue weighted by molar-refractivity contribution is 5.96. The summed E-state index contributed by atoms with van der Waals surface area (Å²) in [5.74, 6) is 1.06. The first-order valence-corrected chi connectivity index (χ1v) is 7.35. The van der Waals surface area contributed by atoms with Crippen molar-refractivity contribution in [1.82, 2.24) is 5.43 Å². The van der Waals surface area contributed by atoms with Crippen LogP contribution in [0.1, 0.15) is 28.4 Å². The fraction of sp³-hybridized carbons (Fsp3) is 0.222. The van der Waals surface area contributed by atoms with Crippen molar-refractivity contribution >= 4 is 12.1 Å². The summed E-state index contributed by atoms with van der Waals surface area (Å²) in [7, 11) is 1.58. The zero-order valence-corrected chi connectivity index (χ0v) is 13.5. The average Bonchev–Trinajstić information content (AvgIpc) is 2.56. The van der Waals surface area contributed by atoms with Gasteiger partial charge in [-0.1, -0.05) is 18.2 Å². The molecule has 0 unspecified atom stereocenters. The van der Waals surface area contributed by atoms with Crippen LogP contribution in [-0.4, -0.2) is 25.8 Å². The van der Waals surface area contributed by atoms with Crippen LogP contribution in [0.5, 0.6) is 11.5 Å². The lowest BCUT2D eigenvalue weighted by molar-refractivity contribution is 0.0954. The highest BCUT2D eigenvalue weighted by Crippen LogP contribution is 2.27. The van der Waals surface area contributed by atoms with Crippen LogP contribution in [-0.2, 0) is 0 Å². The molecule has 2 aromatic carbocycles. The molecule has 0 aliphatic heterocycles. The number of aryl methyl sites for hydroxylation is 1. The van der Waals surface area contributed by atoms with Gasteiger partial charge in [-0.05, 0) is 49.2 Å². The number of methoxy groups -OCH3 is 1. The van der Waals surface area contributed by atoms with Crippen LogP contribution in [0.25, 0.3) is 0 Å². The Morgan fingerprint density at radius 1 is 1.22 bits per heavy atom. The maximum Gasteiger partial charge on any atom is 0.271 e. The molecule has 2 rings (SSSR count). The quantitative estimate of drug-likeness (QED) is 0.658. The third-order valence-electron chi connectivity index (χ3n) is 3.26. The zero-order valence-electron chi connectivity index (χ0n) is 13.5. The van der Waals surface area contributed by atoms with E-state index in [1.54, 1.807) is 25.5 Å². The van der Waals surface area contributed by atoms with E-state index in [1.807, 2.05) is 44.2 Å². The van der Waals surface area contributed by atoms with E-state index in [1.165, 1.54) is 0 Å². The van der Waals surface area contributed by atoms with E-state index in [2.05, 4.69) is 10.5 Å². The van der Waals surface area contributed by atoms with Crippen LogP contribution in [0.15, 0.2) is 47.6 Å². The molecule has 0 fully saturated rings. The minimum atomic E-state index is -0.239. The van der Waals surface area contributed by atoms with Crippen LogP contribution >= 0.6 is 0 Å². The molecule has 0 saturated heterocycles. The molecule has 23 heavy (non-hydrogen) atoms. The van der Waals surface area contributed by atoms with Crippen LogP contribution in [0.3, 0.4) is 0 Å². The van der Waals surface area contributed by atoms with Gasteiger partial charge in [0.25, 0.3) is 5.91 Å². The zero-order chi connectivity index (χ0) is 16.7. The predicted molar refractivity (Wildman–Crippen MR) is 90.4 cm³/mol. The summed E-state index contributed by atoms with van der Waals surface area (Å²) in [6, 6.07) is 12.8. The fourth-order valence-electron chi connectivity index (χ4n) is 2.09. The second-order valence-corrected chi connectivity index (χ2v) is 4.86. The van der Waals surface area contributed by atoms with E-state index in [9.17, 15) is 4.79 Å². The summed E-state index contributed by atoms with van der Waals surface area (Å²) in [6.07, 6.45) is 1.56. The Labute approximate surface area is 135 Å². The molecular weight excluding hydrogens is 292 g/mol. The molecule has 1 amide bonds. The molecule has 5 heteroatoms. The number of nitrogens with one attached hydrogen (secondary N) is 1. The summed E-state index contributed by atoms with van der Waals surface area (Å²) >= 11 is 0. The maximum absolute atomic E-state index is 12.0. The van der Waals surface area contributed by atoms with E-state index in [0.29, 0.717) is 23.7 Å². The van der Waals surface area contributed by atoms with Crippen molar-refractivity contribution in [3.05, 3.63) is 59.2 Å². The van der Waals surface area contributed by atoms with Crippen LogP contribution in [0.4, 0.5) is 0 Å². The molecule has 0 saturated carbocycles. The van der Waals surface area contributed by atoms with Crippen molar-refractivity contribution in [3.63, 3.8) is 0 Å². The number of hydrogen-bond donors (Lipinski definition) is 1. The van der Waals surface area contributed by atoms with Gasteiger partial charge in [-0.3, -0.25) is 4.79 Å². The molecule has 0 spiro atoms. The first-order valence-electron chi connectivity index (χ1n) is 7.35. The molecule has 0 heterocycles. The summed E-state index contributed by atoms with van der Waals surface area (Å²) in [5, 5.41) is 3.99. The topological polar surface area (TPSA) is 59.9 Å². The van der Waals surface area contributed by atoms with E-state index in [-0.39, 0.29) is 5.91 Å². The van der Waals surface area contributed by atoms with Gasteiger partial charge in [0.2, 0.25) is 0 Å². The van der Waals surface area contributed by atoms with Crippen LogP contribution in [0.2, 0.25) is 0 Å². The van der Waals surface area contributed by atoms with Gasteiger partial charge in [-0.2, -0.15) is 5.10 Å². The minimum Gasteiger partial charge on any atom is -0.493 e. The van der Waals surface area contributed by atoms with Gasteiger partial charge >= 0.3 is 0 Å². The third-order valence-corrected chi connectivity index (χ3v) is 3.26. The Morgan fingerprint density at radius 2 is 2.00 bits per heavy atom. The van der Waals surface area contributed by atoms with Gasteiger partial charge < -0.3 is 9.47 Å². The molecule has 0 aromatic heterocycles. The monoisotopic (exact) mass is 312 g/mol. The maximum atomic E-state index is 12.0. The number of carbonyl (C=O) groups is 1. The van der Waals surface area contributed by atoms with Crippen LogP contribution in [0, 0.1) is 6.92 Å². The van der Waals surface area contributed by atoms with Gasteiger partial charge in [0.15, 0.2) is 11.5 Å². The number of hydrogen-bond acceptors (Lipinski definition) is 4. The SMILES string of the molecule is CCOc1ccc(/C=N\NC(=O)c2ccccc2C)cc1OC. The number of hydrazone groups is 1. The highest BCUT2D eigenvalue weighted by atomic mass is 16.5. The second-order valence-electron chi connectivity index (χ2n) is 4.86. The van der Waals surface area contributed by atoms with E-state index < -0.39 is 0 Å². The molecule has 0 radical (unpaired) electrons. The van der Waals surface area contributed by atoms with Crippen molar-refractivity contribution in [3.8, 4) is 11.5 Å². The normalized spacial score (nSPS) is 10.6. The highest BCUT2D eigenvalue weighted by Gasteiger charge is 2.07. The summed E-state index contributed by atoms with van der Waals surface area (Å²) in [5.41, 5.74) is 4.84. The number of amides is 1. The van der Waals surface area contributed by atoms with Crippen molar-refractivity contribution in [2.24, 2.45) is 5.10 Å². The van der Waals surface area contributed by atoms with Gasteiger partial charge in [-0.15, -0.1) is 0 Å². The Bertz CT molecular complexity index is 711. The Kier molecular flexibility index (Phi) is 5.74. The molecule has 120 valence electrons. The minimum absolute atomic E-state index is 0.239. The van der Waals surface area contributed by atoms with Gasteiger partial charge in [0, 0.05) is 5.56 Å². The number of carbonyl (C=O) groups excluding carboxylic acids is 1. The Balaban J connectivity index is 2.06. The first-order chi connectivity index (χ1) is 11.2. The van der Waals surface area contributed by atoms with Crippen molar-refractivity contribution in [1.29, 1.82) is 0 Å². The van der Waals surface area contributed by atoms with Crippen molar-refractivity contribution in [2.45, 2.75) is 13.8 Å². The molecule has 2 aromatic rings. The van der Waals surface area contributed by atoms with Gasteiger partial charge in [0.1, 0.15) is 0 Å². The van der Waals surface area contributed by atoms with Gasteiger partial charge in [0.05, 0.1) is 19.9 Å². The molecule has 0 aliphatic carbocycles. The van der Waals surface area contributed by atoms with Crippen molar-refractivity contribution in [2.75, 3.05) is 13.7 Å². The predicted octanol–water partition coefficient (Wildman–Crippen LogP) is 3.17. The van der Waals surface area contributed by atoms with E-state index in [0.717, 1.165) is 11.1 Å². The summed E-state index contributed by atoms with van der Waals surface area (Å²) in [4.78, 5) is 12.0. The molecule has 1 N–H and O–H groups in total. The number of rotatable bonds is 6. The average molecular weight is 312 g/mol. The number of benzene rings is 2. The second kappa shape index (κ2) is 7.98. The smallest absolute Gasteiger partial charge is 0.271 e. The first kappa shape index (κ1) is 16.5. The van der Waals surface area contributed by atoms with E-state index >= 15 is 0 Å². The van der Waals surface area contributed by atoms with E-state index in [4.69, 9.17) is 9.47 Å². The Morgan fingerprint density at radius 3 is 2.70 bits per heavy atom.